The predicted molar refractivity (Wildman–Crippen MR) is 103 cm³/mol. The number of aromatic nitrogens is 2. The zero-order valence-corrected chi connectivity index (χ0v) is 16.0. The number of amides is 2. The summed E-state index contributed by atoms with van der Waals surface area (Å²) in [6, 6.07) is 10.2. The van der Waals surface area contributed by atoms with Gasteiger partial charge in [0.1, 0.15) is 5.01 Å². The van der Waals surface area contributed by atoms with Crippen molar-refractivity contribution >= 4 is 28.3 Å². The maximum atomic E-state index is 13.0. The fourth-order valence-electron chi connectivity index (χ4n) is 4.06. The van der Waals surface area contributed by atoms with Crippen LogP contribution >= 0.6 is 11.3 Å². The third kappa shape index (κ3) is 3.66. The number of nitrogen functional groups attached to an aromatic ring is 1. The molecule has 1 aromatic carbocycles. The fraction of sp³-hybridized carbons (Fsp3) is 0.474. The molecule has 2 saturated heterocycles. The van der Waals surface area contributed by atoms with Crippen LogP contribution in [0.2, 0.25) is 0 Å². The van der Waals surface area contributed by atoms with E-state index in [2.05, 4.69) is 22.3 Å². The van der Waals surface area contributed by atoms with Crippen LogP contribution in [0, 0.1) is 5.41 Å². The monoisotopic (exact) mass is 385 g/mol. The number of hydrogen-bond donors (Lipinski definition) is 1. The van der Waals surface area contributed by atoms with E-state index in [9.17, 15) is 9.59 Å². The number of hydrogen-bond acceptors (Lipinski definition) is 6. The molecule has 8 heteroatoms. The van der Waals surface area contributed by atoms with Crippen LogP contribution in [0.5, 0.6) is 0 Å². The van der Waals surface area contributed by atoms with Crippen molar-refractivity contribution in [3.8, 4) is 0 Å². The Morgan fingerprint density at radius 3 is 2.70 bits per heavy atom. The Morgan fingerprint density at radius 1 is 1.19 bits per heavy atom. The first-order chi connectivity index (χ1) is 13.1. The molecule has 0 aliphatic carbocycles. The minimum atomic E-state index is -0.396. The van der Waals surface area contributed by atoms with Crippen LogP contribution in [-0.2, 0) is 22.4 Å². The van der Waals surface area contributed by atoms with E-state index in [1.807, 2.05) is 23.1 Å². The summed E-state index contributed by atoms with van der Waals surface area (Å²) in [5.41, 5.74) is 6.42. The number of likely N-dealkylation sites (tertiary alicyclic amines) is 2. The Kier molecular flexibility index (Phi) is 4.82. The summed E-state index contributed by atoms with van der Waals surface area (Å²) < 4.78 is 0. The van der Waals surface area contributed by atoms with Crippen molar-refractivity contribution in [2.24, 2.45) is 5.41 Å². The Bertz CT molecular complexity index is 840. The third-order valence-electron chi connectivity index (χ3n) is 5.61. The summed E-state index contributed by atoms with van der Waals surface area (Å²) in [6.07, 6.45) is 2.65. The molecule has 1 aromatic heterocycles. The van der Waals surface area contributed by atoms with Crippen LogP contribution in [0.1, 0.15) is 23.4 Å². The molecule has 0 bridgehead atoms. The Morgan fingerprint density at radius 2 is 1.96 bits per heavy atom. The molecule has 3 heterocycles. The average molecular weight is 385 g/mol. The van der Waals surface area contributed by atoms with E-state index in [0.717, 1.165) is 32.4 Å². The highest BCUT2D eigenvalue weighted by molar-refractivity contribution is 7.15. The van der Waals surface area contributed by atoms with E-state index in [1.165, 1.54) is 16.9 Å². The molecule has 0 saturated carbocycles. The lowest BCUT2D eigenvalue weighted by Gasteiger charge is -2.23. The van der Waals surface area contributed by atoms with Crippen molar-refractivity contribution in [2.45, 2.75) is 25.7 Å². The molecule has 142 valence electrons. The average Bonchev–Trinajstić information content (AvgIpc) is 3.36. The highest BCUT2D eigenvalue weighted by Crippen LogP contribution is 2.40. The van der Waals surface area contributed by atoms with Gasteiger partial charge in [-0.25, -0.2) is 0 Å². The summed E-state index contributed by atoms with van der Waals surface area (Å²) in [5, 5.41) is 8.66. The van der Waals surface area contributed by atoms with Gasteiger partial charge >= 0.3 is 0 Å². The Balaban J connectivity index is 1.34. The quantitative estimate of drug-likeness (QED) is 0.839. The van der Waals surface area contributed by atoms with Gasteiger partial charge in [-0.15, -0.1) is 10.2 Å². The first kappa shape index (κ1) is 17.9. The Labute approximate surface area is 162 Å². The third-order valence-corrected chi connectivity index (χ3v) is 6.36. The van der Waals surface area contributed by atoms with E-state index in [-0.39, 0.29) is 18.2 Å². The largest absolute Gasteiger partial charge is 0.374 e. The van der Waals surface area contributed by atoms with E-state index >= 15 is 0 Å². The van der Waals surface area contributed by atoms with Crippen LogP contribution < -0.4 is 5.73 Å². The normalized spacial score (nSPS) is 22.1. The zero-order valence-electron chi connectivity index (χ0n) is 15.1. The Hall–Kier alpha value is -2.48. The number of carbonyl (C=O) groups excluding carboxylic acids is 2. The SMILES string of the molecule is Nc1nnc(CC(=O)N2CCC3(CCN(CCc4ccccc4)C3=O)C2)s1. The first-order valence-corrected chi connectivity index (χ1v) is 10.1. The minimum absolute atomic E-state index is 0.00133. The summed E-state index contributed by atoms with van der Waals surface area (Å²) in [7, 11) is 0. The lowest BCUT2D eigenvalue weighted by molar-refractivity contribution is -0.136. The van der Waals surface area contributed by atoms with Crippen LogP contribution in [0.25, 0.3) is 0 Å². The highest BCUT2D eigenvalue weighted by atomic mass is 32.1. The summed E-state index contributed by atoms with van der Waals surface area (Å²) in [4.78, 5) is 29.4. The summed E-state index contributed by atoms with van der Waals surface area (Å²) >= 11 is 1.24. The summed E-state index contributed by atoms with van der Waals surface area (Å²) in [5.74, 6) is 0.201. The predicted octanol–water partition coefficient (Wildman–Crippen LogP) is 1.36. The topological polar surface area (TPSA) is 92.4 Å². The van der Waals surface area contributed by atoms with Crippen molar-refractivity contribution in [3.05, 3.63) is 40.9 Å². The molecular formula is C19H23N5O2S. The molecule has 2 N–H and O–H groups in total. The molecular weight excluding hydrogens is 362 g/mol. The molecule has 1 spiro atoms. The van der Waals surface area contributed by atoms with Gasteiger partial charge in [0.05, 0.1) is 11.8 Å². The lowest BCUT2D eigenvalue weighted by atomic mass is 9.85. The molecule has 4 rings (SSSR count). The van der Waals surface area contributed by atoms with Crippen molar-refractivity contribution < 1.29 is 9.59 Å². The van der Waals surface area contributed by atoms with Gasteiger partial charge in [-0.2, -0.15) is 0 Å². The molecule has 1 unspecified atom stereocenters. The van der Waals surface area contributed by atoms with E-state index < -0.39 is 5.41 Å². The second kappa shape index (κ2) is 7.26. The maximum Gasteiger partial charge on any atom is 0.230 e. The first-order valence-electron chi connectivity index (χ1n) is 9.25. The van der Waals surface area contributed by atoms with E-state index in [4.69, 9.17) is 5.73 Å². The molecule has 2 aromatic rings. The highest BCUT2D eigenvalue weighted by Gasteiger charge is 2.51. The molecule has 7 nitrogen and oxygen atoms in total. The molecule has 27 heavy (non-hydrogen) atoms. The van der Waals surface area contributed by atoms with Crippen molar-refractivity contribution in [1.29, 1.82) is 0 Å². The number of rotatable bonds is 5. The fourth-order valence-corrected chi connectivity index (χ4v) is 4.66. The van der Waals surface area contributed by atoms with Gasteiger partial charge in [-0.3, -0.25) is 9.59 Å². The molecule has 2 aliphatic heterocycles. The summed E-state index contributed by atoms with van der Waals surface area (Å²) in [6.45, 7) is 2.66. The number of anilines is 1. The molecule has 2 aliphatic rings. The smallest absolute Gasteiger partial charge is 0.230 e. The van der Waals surface area contributed by atoms with Crippen LogP contribution in [0.4, 0.5) is 5.13 Å². The lowest BCUT2D eigenvalue weighted by Crippen LogP contribution is -2.39. The standard InChI is InChI=1S/C19H23N5O2S/c20-18-22-21-15(27-18)12-16(25)24-11-8-19(13-24)7-10-23(17(19)26)9-6-14-4-2-1-3-5-14/h1-5H,6-13H2,(H2,20,22). The zero-order chi connectivity index (χ0) is 18.9. The molecule has 2 amide bonds. The van der Waals surface area contributed by atoms with Crippen LogP contribution in [-0.4, -0.2) is 58.0 Å². The van der Waals surface area contributed by atoms with E-state index in [1.54, 1.807) is 4.90 Å². The van der Waals surface area contributed by atoms with Crippen LogP contribution in [0.3, 0.4) is 0 Å². The maximum absolute atomic E-state index is 13.0. The number of nitrogens with zero attached hydrogens (tertiary/aromatic N) is 4. The van der Waals surface area contributed by atoms with Gasteiger partial charge < -0.3 is 15.5 Å². The van der Waals surface area contributed by atoms with Gasteiger partial charge in [-0.1, -0.05) is 41.7 Å². The van der Waals surface area contributed by atoms with Crippen molar-refractivity contribution in [1.82, 2.24) is 20.0 Å². The molecule has 0 radical (unpaired) electrons. The number of nitrogens with two attached hydrogens (primary N) is 1. The number of carbonyl (C=O) groups is 2. The van der Waals surface area contributed by atoms with Crippen molar-refractivity contribution in [2.75, 3.05) is 31.9 Å². The van der Waals surface area contributed by atoms with Gasteiger partial charge in [0.25, 0.3) is 0 Å². The molecule has 2 fully saturated rings. The van der Waals surface area contributed by atoms with Crippen molar-refractivity contribution in [3.63, 3.8) is 0 Å². The number of benzene rings is 1. The van der Waals surface area contributed by atoms with Gasteiger partial charge in [0, 0.05) is 26.2 Å². The van der Waals surface area contributed by atoms with E-state index in [0.29, 0.717) is 23.2 Å². The van der Waals surface area contributed by atoms with Gasteiger partial charge in [-0.05, 0) is 24.8 Å². The van der Waals surface area contributed by atoms with Crippen LogP contribution in [0.15, 0.2) is 30.3 Å². The second-order valence-corrected chi connectivity index (χ2v) is 8.43. The molecule has 1 atom stereocenters. The van der Waals surface area contributed by atoms with Gasteiger partial charge in [0.15, 0.2) is 0 Å². The second-order valence-electron chi connectivity index (χ2n) is 7.33. The van der Waals surface area contributed by atoms with Gasteiger partial charge in [0.2, 0.25) is 16.9 Å². The minimum Gasteiger partial charge on any atom is -0.374 e.